The second kappa shape index (κ2) is 7.27. The lowest BCUT2D eigenvalue weighted by Gasteiger charge is -2.25. The summed E-state index contributed by atoms with van der Waals surface area (Å²) < 4.78 is 0. The topological polar surface area (TPSA) is 12.0 Å². The molecule has 1 saturated carbocycles. The third kappa shape index (κ3) is 4.55. The largest absolute Gasteiger partial charge is 0.313 e. The Hall–Kier alpha value is -0.0400. The molecule has 0 amide bonds. The van der Waals surface area contributed by atoms with Crippen molar-refractivity contribution in [1.29, 1.82) is 0 Å². The Labute approximate surface area is 96.0 Å². The molecule has 1 nitrogen and oxygen atoms in total. The summed E-state index contributed by atoms with van der Waals surface area (Å²) in [5.41, 5.74) is 0. The van der Waals surface area contributed by atoms with E-state index in [0.29, 0.717) is 0 Å². The maximum Gasteiger partial charge on any atom is 0.00928 e. The van der Waals surface area contributed by atoms with E-state index in [1.807, 2.05) is 0 Å². The molecule has 1 heteroatoms. The fraction of sp³-hybridized carbons (Fsp3) is 1.00. The molecule has 90 valence electrons. The Morgan fingerprint density at radius 3 is 2.40 bits per heavy atom. The zero-order valence-electron chi connectivity index (χ0n) is 10.9. The lowest BCUT2D eigenvalue weighted by molar-refractivity contribution is 0.325. The van der Waals surface area contributed by atoms with Crippen molar-refractivity contribution >= 4 is 0 Å². The van der Waals surface area contributed by atoms with Crippen LogP contribution in [-0.4, -0.2) is 12.6 Å². The van der Waals surface area contributed by atoms with Crippen molar-refractivity contribution in [3.05, 3.63) is 0 Å². The zero-order chi connectivity index (χ0) is 11.1. The molecule has 1 aliphatic carbocycles. The molecule has 0 radical (unpaired) electrons. The van der Waals surface area contributed by atoms with Gasteiger partial charge in [0.1, 0.15) is 0 Å². The van der Waals surface area contributed by atoms with E-state index in [-0.39, 0.29) is 0 Å². The highest BCUT2D eigenvalue weighted by atomic mass is 14.9. The first-order valence-electron chi connectivity index (χ1n) is 7.01. The Morgan fingerprint density at radius 2 is 1.73 bits per heavy atom. The van der Waals surface area contributed by atoms with Crippen LogP contribution < -0.4 is 5.32 Å². The van der Waals surface area contributed by atoms with Crippen molar-refractivity contribution in [2.45, 2.75) is 71.8 Å². The van der Waals surface area contributed by atoms with Gasteiger partial charge in [0.05, 0.1) is 0 Å². The highest BCUT2D eigenvalue weighted by Crippen LogP contribution is 2.23. The molecule has 0 spiro atoms. The van der Waals surface area contributed by atoms with Gasteiger partial charge in [0.2, 0.25) is 0 Å². The standard InChI is InChI=1S/C14H29N/c1-4-13(5-2)11-15-14-10-8-6-7-9-12(14)3/h12-15H,4-11H2,1-3H3. The van der Waals surface area contributed by atoms with Gasteiger partial charge in [-0.3, -0.25) is 0 Å². The summed E-state index contributed by atoms with van der Waals surface area (Å²) >= 11 is 0. The first-order valence-corrected chi connectivity index (χ1v) is 7.01. The Balaban J connectivity index is 2.28. The number of hydrogen-bond acceptors (Lipinski definition) is 1. The fourth-order valence-corrected chi connectivity index (χ4v) is 2.69. The van der Waals surface area contributed by atoms with E-state index >= 15 is 0 Å². The average molecular weight is 211 g/mol. The van der Waals surface area contributed by atoms with Crippen molar-refractivity contribution in [2.24, 2.45) is 11.8 Å². The number of nitrogens with one attached hydrogen (secondary N) is 1. The molecule has 1 N–H and O–H groups in total. The van der Waals surface area contributed by atoms with Crippen LogP contribution in [0.15, 0.2) is 0 Å². The molecular formula is C14H29N. The fourth-order valence-electron chi connectivity index (χ4n) is 2.69. The van der Waals surface area contributed by atoms with Gasteiger partial charge in [-0.25, -0.2) is 0 Å². The summed E-state index contributed by atoms with van der Waals surface area (Å²) in [7, 11) is 0. The molecule has 1 fully saturated rings. The van der Waals surface area contributed by atoms with Gasteiger partial charge in [0.25, 0.3) is 0 Å². The van der Waals surface area contributed by atoms with Crippen LogP contribution >= 0.6 is 0 Å². The van der Waals surface area contributed by atoms with Gasteiger partial charge >= 0.3 is 0 Å². The number of hydrogen-bond donors (Lipinski definition) is 1. The Kier molecular flexibility index (Phi) is 6.31. The molecule has 2 unspecified atom stereocenters. The van der Waals surface area contributed by atoms with Crippen LogP contribution in [0.25, 0.3) is 0 Å². The summed E-state index contributed by atoms with van der Waals surface area (Å²) in [5.74, 6) is 1.78. The Bertz CT molecular complexity index is 151. The highest BCUT2D eigenvalue weighted by molar-refractivity contribution is 4.77. The molecule has 0 bridgehead atoms. The van der Waals surface area contributed by atoms with E-state index in [1.165, 1.54) is 51.5 Å². The predicted molar refractivity (Wildman–Crippen MR) is 68.1 cm³/mol. The van der Waals surface area contributed by atoms with Gasteiger partial charge in [-0.05, 0) is 31.2 Å². The lowest BCUT2D eigenvalue weighted by atomic mass is 9.95. The van der Waals surface area contributed by atoms with Gasteiger partial charge in [-0.1, -0.05) is 52.9 Å². The second-order valence-electron chi connectivity index (χ2n) is 5.31. The van der Waals surface area contributed by atoms with Crippen molar-refractivity contribution in [3.63, 3.8) is 0 Å². The van der Waals surface area contributed by atoms with E-state index in [9.17, 15) is 0 Å². The minimum Gasteiger partial charge on any atom is -0.313 e. The van der Waals surface area contributed by atoms with Crippen molar-refractivity contribution < 1.29 is 0 Å². The zero-order valence-corrected chi connectivity index (χ0v) is 10.9. The van der Waals surface area contributed by atoms with Crippen molar-refractivity contribution in [1.82, 2.24) is 5.32 Å². The lowest BCUT2D eigenvalue weighted by Crippen LogP contribution is -2.37. The molecule has 1 aliphatic rings. The highest BCUT2D eigenvalue weighted by Gasteiger charge is 2.19. The van der Waals surface area contributed by atoms with Crippen LogP contribution in [0.4, 0.5) is 0 Å². The minimum absolute atomic E-state index is 0.799. The summed E-state index contributed by atoms with van der Waals surface area (Å²) in [4.78, 5) is 0. The molecule has 0 aromatic heterocycles. The maximum atomic E-state index is 3.81. The smallest absolute Gasteiger partial charge is 0.00928 e. The molecule has 0 saturated heterocycles. The molecule has 15 heavy (non-hydrogen) atoms. The normalized spacial score (nSPS) is 28.0. The molecule has 0 heterocycles. The van der Waals surface area contributed by atoms with Gasteiger partial charge in [-0.15, -0.1) is 0 Å². The first kappa shape index (κ1) is 13.0. The van der Waals surface area contributed by atoms with E-state index in [2.05, 4.69) is 26.1 Å². The third-order valence-electron chi connectivity index (χ3n) is 4.18. The average Bonchev–Trinajstić information content (AvgIpc) is 2.45. The van der Waals surface area contributed by atoms with Gasteiger partial charge in [0.15, 0.2) is 0 Å². The van der Waals surface area contributed by atoms with Crippen LogP contribution in [0.5, 0.6) is 0 Å². The van der Waals surface area contributed by atoms with Crippen molar-refractivity contribution in [3.8, 4) is 0 Å². The van der Waals surface area contributed by atoms with E-state index in [4.69, 9.17) is 0 Å². The Morgan fingerprint density at radius 1 is 1.07 bits per heavy atom. The van der Waals surface area contributed by atoms with Crippen LogP contribution in [0, 0.1) is 11.8 Å². The van der Waals surface area contributed by atoms with Crippen LogP contribution in [0.1, 0.15) is 65.7 Å². The summed E-state index contributed by atoms with van der Waals surface area (Å²) in [5, 5.41) is 3.81. The summed E-state index contributed by atoms with van der Waals surface area (Å²) in [6.07, 6.45) is 9.82. The summed E-state index contributed by atoms with van der Waals surface area (Å²) in [6, 6.07) is 0.799. The molecule has 1 rings (SSSR count). The SMILES string of the molecule is CCC(CC)CNC1CCCCCC1C. The van der Waals surface area contributed by atoms with Crippen LogP contribution in [0.2, 0.25) is 0 Å². The molecular weight excluding hydrogens is 182 g/mol. The van der Waals surface area contributed by atoms with Gasteiger partial charge in [-0.2, -0.15) is 0 Å². The molecule has 0 aromatic carbocycles. The van der Waals surface area contributed by atoms with Crippen LogP contribution in [-0.2, 0) is 0 Å². The minimum atomic E-state index is 0.799. The third-order valence-corrected chi connectivity index (χ3v) is 4.18. The maximum absolute atomic E-state index is 3.81. The van der Waals surface area contributed by atoms with Crippen LogP contribution in [0.3, 0.4) is 0 Å². The summed E-state index contributed by atoms with van der Waals surface area (Å²) in [6.45, 7) is 8.29. The van der Waals surface area contributed by atoms with E-state index < -0.39 is 0 Å². The van der Waals surface area contributed by atoms with Gasteiger partial charge in [0, 0.05) is 6.04 Å². The first-order chi connectivity index (χ1) is 7.27. The quantitative estimate of drug-likeness (QED) is 0.678. The molecule has 0 aliphatic heterocycles. The van der Waals surface area contributed by atoms with E-state index in [0.717, 1.165) is 17.9 Å². The second-order valence-corrected chi connectivity index (χ2v) is 5.31. The monoisotopic (exact) mass is 211 g/mol. The van der Waals surface area contributed by atoms with Crippen molar-refractivity contribution in [2.75, 3.05) is 6.54 Å². The molecule has 2 atom stereocenters. The predicted octanol–water partition coefficient (Wildman–Crippen LogP) is 3.98. The van der Waals surface area contributed by atoms with Gasteiger partial charge < -0.3 is 5.32 Å². The number of rotatable bonds is 5. The molecule has 0 aromatic rings. The van der Waals surface area contributed by atoms with E-state index in [1.54, 1.807) is 0 Å².